The van der Waals surface area contributed by atoms with Crippen molar-refractivity contribution in [3.63, 3.8) is 0 Å². The Bertz CT molecular complexity index is 595. The molecule has 0 bridgehead atoms. The summed E-state index contributed by atoms with van der Waals surface area (Å²) in [6.07, 6.45) is 1.95. The number of aryl methyl sites for hydroxylation is 1. The lowest BCUT2D eigenvalue weighted by molar-refractivity contribution is -0.117. The maximum absolute atomic E-state index is 12.4. The number of ether oxygens (including phenoxy) is 1. The summed E-state index contributed by atoms with van der Waals surface area (Å²) in [5.41, 5.74) is 2.94. The van der Waals surface area contributed by atoms with Crippen molar-refractivity contribution in [2.45, 2.75) is 32.8 Å². The van der Waals surface area contributed by atoms with Crippen molar-refractivity contribution >= 4 is 17.6 Å². The second-order valence-corrected chi connectivity index (χ2v) is 6.49. The van der Waals surface area contributed by atoms with Crippen LogP contribution < -0.4 is 5.32 Å². The molecular formula is C18H27N3O3. The predicted octanol–water partition coefficient (Wildman–Crippen LogP) is 2.40. The molecule has 0 aromatic heterocycles. The van der Waals surface area contributed by atoms with E-state index in [2.05, 4.69) is 5.32 Å². The van der Waals surface area contributed by atoms with Crippen LogP contribution in [0.3, 0.4) is 0 Å². The van der Waals surface area contributed by atoms with E-state index in [0.717, 1.165) is 36.3 Å². The van der Waals surface area contributed by atoms with E-state index in [9.17, 15) is 9.59 Å². The van der Waals surface area contributed by atoms with Crippen LogP contribution in [0.1, 0.15) is 24.0 Å². The first kappa shape index (κ1) is 18.3. The molecule has 1 aromatic carbocycles. The minimum Gasteiger partial charge on any atom is -0.376 e. The number of amides is 3. The summed E-state index contributed by atoms with van der Waals surface area (Å²) in [6.45, 7) is 5.16. The highest BCUT2D eigenvalue weighted by Crippen LogP contribution is 2.18. The summed E-state index contributed by atoms with van der Waals surface area (Å²) in [5, 5.41) is 2.91. The van der Waals surface area contributed by atoms with Gasteiger partial charge >= 0.3 is 6.03 Å². The highest BCUT2D eigenvalue weighted by molar-refractivity contribution is 5.95. The van der Waals surface area contributed by atoms with E-state index >= 15 is 0 Å². The molecule has 0 spiro atoms. The van der Waals surface area contributed by atoms with Crippen LogP contribution in [-0.2, 0) is 9.53 Å². The minimum absolute atomic E-state index is 0.0161. The van der Waals surface area contributed by atoms with E-state index in [0.29, 0.717) is 6.54 Å². The molecule has 6 nitrogen and oxygen atoms in total. The number of hydrogen-bond donors (Lipinski definition) is 1. The molecule has 1 saturated heterocycles. The zero-order valence-electron chi connectivity index (χ0n) is 15.0. The van der Waals surface area contributed by atoms with Gasteiger partial charge in [0.25, 0.3) is 0 Å². The van der Waals surface area contributed by atoms with Gasteiger partial charge in [-0.2, -0.15) is 0 Å². The summed E-state index contributed by atoms with van der Waals surface area (Å²) in [5.74, 6) is -0.197. The van der Waals surface area contributed by atoms with Gasteiger partial charge in [-0.15, -0.1) is 0 Å². The van der Waals surface area contributed by atoms with Crippen LogP contribution in [0.25, 0.3) is 0 Å². The topological polar surface area (TPSA) is 61.9 Å². The first-order valence-electron chi connectivity index (χ1n) is 8.32. The molecule has 24 heavy (non-hydrogen) atoms. The second kappa shape index (κ2) is 8.15. The molecule has 1 aromatic rings. The third kappa shape index (κ3) is 4.71. The number of benzene rings is 1. The third-order valence-electron chi connectivity index (χ3n) is 4.31. The minimum atomic E-state index is -0.197. The average molecular weight is 333 g/mol. The molecule has 2 rings (SSSR count). The van der Waals surface area contributed by atoms with Crippen molar-refractivity contribution in [2.75, 3.05) is 39.1 Å². The van der Waals surface area contributed by atoms with Crippen LogP contribution in [-0.4, -0.2) is 61.6 Å². The fourth-order valence-electron chi connectivity index (χ4n) is 2.78. The van der Waals surface area contributed by atoms with Gasteiger partial charge in [-0.05, 0) is 43.9 Å². The molecule has 0 radical (unpaired) electrons. The summed E-state index contributed by atoms with van der Waals surface area (Å²) in [4.78, 5) is 27.8. The van der Waals surface area contributed by atoms with Gasteiger partial charge in [-0.3, -0.25) is 4.79 Å². The molecule has 1 heterocycles. The SMILES string of the molecule is Cc1cccc(NC(=O)CN(CC2CCCO2)C(=O)N(C)C)c1C. The Morgan fingerprint density at radius 3 is 2.67 bits per heavy atom. The quantitative estimate of drug-likeness (QED) is 0.900. The molecule has 1 aliphatic heterocycles. The average Bonchev–Trinajstić information content (AvgIpc) is 3.03. The van der Waals surface area contributed by atoms with Gasteiger partial charge in [0, 0.05) is 32.9 Å². The van der Waals surface area contributed by atoms with Crippen LogP contribution >= 0.6 is 0 Å². The van der Waals surface area contributed by atoms with Gasteiger partial charge in [0.15, 0.2) is 0 Å². The Labute approximate surface area is 143 Å². The van der Waals surface area contributed by atoms with Gasteiger partial charge in [0.1, 0.15) is 6.54 Å². The molecule has 1 atom stereocenters. The number of nitrogens with zero attached hydrogens (tertiary/aromatic N) is 2. The first-order chi connectivity index (χ1) is 11.4. The van der Waals surface area contributed by atoms with Crippen LogP contribution in [0.2, 0.25) is 0 Å². The Hall–Kier alpha value is -2.08. The van der Waals surface area contributed by atoms with Crippen molar-refractivity contribution in [1.29, 1.82) is 0 Å². The fraction of sp³-hybridized carbons (Fsp3) is 0.556. The number of anilines is 1. The van der Waals surface area contributed by atoms with Crippen molar-refractivity contribution in [2.24, 2.45) is 0 Å². The fourth-order valence-corrected chi connectivity index (χ4v) is 2.78. The molecular weight excluding hydrogens is 306 g/mol. The highest BCUT2D eigenvalue weighted by Gasteiger charge is 2.25. The predicted molar refractivity (Wildman–Crippen MR) is 94.2 cm³/mol. The highest BCUT2D eigenvalue weighted by atomic mass is 16.5. The monoisotopic (exact) mass is 333 g/mol. The van der Waals surface area contributed by atoms with Crippen molar-refractivity contribution in [3.8, 4) is 0 Å². The smallest absolute Gasteiger partial charge is 0.320 e. The number of rotatable bonds is 5. The Morgan fingerprint density at radius 1 is 1.29 bits per heavy atom. The normalized spacial score (nSPS) is 16.8. The largest absolute Gasteiger partial charge is 0.376 e. The first-order valence-corrected chi connectivity index (χ1v) is 8.32. The van der Waals surface area contributed by atoms with Gasteiger partial charge in [-0.1, -0.05) is 12.1 Å². The van der Waals surface area contributed by atoms with Gasteiger partial charge in [0.05, 0.1) is 6.10 Å². The van der Waals surface area contributed by atoms with Crippen molar-refractivity contribution in [3.05, 3.63) is 29.3 Å². The Morgan fingerprint density at radius 2 is 2.04 bits per heavy atom. The van der Waals surface area contributed by atoms with Gasteiger partial charge in [-0.25, -0.2) is 4.79 Å². The van der Waals surface area contributed by atoms with E-state index < -0.39 is 0 Å². The zero-order chi connectivity index (χ0) is 17.7. The molecule has 0 aliphatic carbocycles. The number of urea groups is 1. The third-order valence-corrected chi connectivity index (χ3v) is 4.31. The van der Waals surface area contributed by atoms with Crippen molar-refractivity contribution in [1.82, 2.24) is 9.80 Å². The number of carbonyl (C=O) groups is 2. The lowest BCUT2D eigenvalue weighted by Crippen LogP contribution is -2.46. The molecule has 1 N–H and O–H groups in total. The van der Waals surface area contributed by atoms with Crippen molar-refractivity contribution < 1.29 is 14.3 Å². The zero-order valence-corrected chi connectivity index (χ0v) is 15.0. The lowest BCUT2D eigenvalue weighted by Gasteiger charge is -2.27. The molecule has 1 fully saturated rings. The molecule has 1 unspecified atom stereocenters. The maximum Gasteiger partial charge on any atom is 0.320 e. The van der Waals surface area contributed by atoms with E-state index in [1.807, 2.05) is 32.0 Å². The Balaban J connectivity index is 2.02. The van der Waals surface area contributed by atoms with Crippen LogP contribution in [0.4, 0.5) is 10.5 Å². The number of carbonyl (C=O) groups excluding carboxylic acids is 2. The molecule has 3 amide bonds. The summed E-state index contributed by atoms with van der Waals surface area (Å²) < 4.78 is 5.60. The number of nitrogens with one attached hydrogen (secondary N) is 1. The summed E-state index contributed by atoms with van der Waals surface area (Å²) >= 11 is 0. The van der Waals surface area contributed by atoms with E-state index in [-0.39, 0.29) is 24.6 Å². The van der Waals surface area contributed by atoms with Crippen LogP contribution in [0.15, 0.2) is 18.2 Å². The van der Waals surface area contributed by atoms with Crippen LogP contribution in [0, 0.1) is 13.8 Å². The van der Waals surface area contributed by atoms with Gasteiger partial charge in [0.2, 0.25) is 5.91 Å². The molecule has 1 aliphatic rings. The van der Waals surface area contributed by atoms with Crippen LogP contribution in [0.5, 0.6) is 0 Å². The van der Waals surface area contributed by atoms with E-state index in [1.54, 1.807) is 19.0 Å². The summed E-state index contributed by atoms with van der Waals surface area (Å²) in [6, 6.07) is 5.61. The Kier molecular flexibility index (Phi) is 6.20. The lowest BCUT2D eigenvalue weighted by atomic mass is 10.1. The van der Waals surface area contributed by atoms with E-state index in [1.165, 1.54) is 4.90 Å². The number of hydrogen-bond acceptors (Lipinski definition) is 3. The molecule has 6 heteroatoms. The van der Waals surface area contributed by atoms with E-state index in [4.69, 9.17) is 4.74 Å². The second-order valence-electron chi connectivity index (χ2n) is 6.49. The molecule has 132 valence electrons. The standard InChI is InChI=1S/C18H27N3O3/c1-13-7-5-9-16(14(13)2)19-17(22)12-21(18(23)20(3)4)11-15-8-6-10-24-15/h5,7,9,15H,6,8,10-12H2,1-4H3,(H,19,22). The van der Waals surface area contributed by atoms with Gasteiger partial charge < -0.3 is 19.9 Å². The summed E-state index contributed by atoms with van der Waals surface area (Å²) in [7, 11) is 3.38. The maximum atomic E-state index is 12.4. The molecule has 0 saturated carbocycles.